The van der Waals surface area contributed by atoms with Gasteiger partial charge in [-0.15, -0.1) is 11.6 Å². The largest absolute Gasteiger partial charge is 0.466 e. The molecule has 0 saturated carbocycles. The molecule has 0 rings (SSSR count). The van der Waals surface area contributed by atoms with Crippen molar-refractivity contribution in [2.24, 2.45) is 11.5 Å². The van der Waals surface area contributed by atoms with Gasteiger partial charge in [0.1, 0.15) is 0 Å². The molecule has 0 spiro atoms. The van der Waals surface area contributed by atoms with Crippen LogP contribution in [0.5, 0.6) is 0 Å². The highest BCUT2D eigenvalue weighted by Crippen LogP contribution is 2.01. The number of carbonyl (C=O) groups is 1. The Balaban J connectivity index is 3.26. The van der Waals surface area contributed by atoms with E-state index in [-0.39, 0.29) is 11.3 Å². The highest BCUT2D eigenvalue weighted by atomic mass is 35.5. The third-order valence-corrected chi connectivity index (χ3v) is 2.18. The van der Waals surface area contributed by atoms with Crippen molar-refractivity contribution in [3.05, 3.63) is 0 Å². The van der Waals surface area contributed by atoms with Crippen LogP contribution in [0.4, 0.5) is 0 Å². The normalized spacial score (nSPS) is 12.5. The van der Waals surface area contributed by atoms with Crippen molar-refractivity contribution in [2.45, 2.75) is 31.1 Å². The lowest BCUT2D eigenvalue weighted by atomic mass is 10.2. The lowest BCUT2D eigenvalue weighted by Crippen LogP contribution is -2.17. The third kappa shape index (κ3) is 8.29. The summed E-state index contributed by atoms with van der Waals surface area (Å²) in [7, 11) is 0. The average Bonchev–Trinajstić information content (AvgIpc) is 2.18. The van der Waals surface area contributed by atoms with Crippen molar-refractivity contribution >= 4 is 17.6 Å². The van der Waals surface area contributed by atoms with E-state index < -0.39 is 0 Å². The predicted molar refractivity (Wildman–Crippen MR) is 57.2 cm³/mol. The molecule has 4 N–H and O–H groups in total. The van der Waals surface area contributed by atoms with Crippen LogP contribution in [0.1, 0.15) is 25.7 Å². The number of rotatable bonds is 8. The van der Waals surface area contributed by atoms with E-state index in [9.17, 15) is 4.79 Å². The van der Waals surface area contributed by atoms with Gasteiger partial charge in [0.2, 0.25) is 0 Å². The molecule has 0 amide bonds. The second-order valence-electron chi connectivity index (χ2n) is 3.09. The van der Waals surface area contributed by atoms with Crippen molar-refractivity contribution in [1.82, 2.24) is 0 Å². The van der Waals surface area contributed by atoms with Crippen molar-refractivity contribution < 1.29 is 9.53 Å². The van der Waals surface area contributed by atoms with Crippen molar-refractivity contribution in [3.8, 4) is 0 Å². The Hall–Kier alpha value is -0.320. The minimum Gasteiger partial charge on any atom is -0.466 e. The average molecular weight is 223 g/mol. The molecule has 5 heteroatoms. The molecule has 0 aliphatic heterocycles. The van der Waals surface area contributed by atoms with Gasteiger partial charge in [-0.3, -0.25) is 4.79 Å². The van der Waals surface area contributed by atoms with Gasteiger partial charge in [-0.1, -0.05) is 0 Å². The molecule has 4 nitrogen and oxygen atoms in total. The van der Waals surface area contributed by atoms with E-state index in [2.05, 4.69) is 0 Å². The fraction of sp³-hybridized carbons (Fsp3) is 0.889. The zero-order chi connectivity index (χ0) is 10.8. The summed E-state index contributed by atoms with van der Waals surface area (Å²) < 4.78 is 4.94. The Morgan fingerprint density at radius 2 is 2.07 bits per heavy atom. The molecule has 1 atom stereocenters. The summed E-state index contributed by atoms with van der Waals surface area (Å²) in [6, 6.07) is 0. The third-order valence-electron chi connectivity index (χ3n) is 1.78. The standard InChI is InChI=1S/C9H19ClN2O2/c10-8(7-12)4-6-14-9(13)3-1-2-5-11/h8H,1-7,11-12H2. The van der Waals surface area contributed by atoms with E-state index >= 15 is 0 Å². The molecular weight excluding hydrogens is 204 g/mol. The van der Waals surface area contributed by atoms with Crippen molar-refractivity contribution in [2.75, 3.05) is 19.7 Å². The van der Waals surface area contributed by atoms with Crippen LogP contribution in [0.3, 0.4) is 0 Å². The molecule has 0 heterocycles. The molecule has 0 aliphatic rings. The number of hydrogen-bond acceptors (Lipinski definition) is 4. The summed E-state index contributed by atoms with van der Waals surface area (Å²) in [5.74, 6) is -0.181. The fourth-order valence-corrected chi connectivity index (χ4v) is 0.993. The van der Waals surface area contributed by atoms with Gasteiger partial charge in [0.05, 0.1) is 6.61 Å². The quantitative estimate of drug-likeness (QED) is 0.359. The first-order valence-corrected chi connectivity index (χ1v) is 5.34. The molecule has 0 aromatic heterocycles. The van der Waals surface area contributed by atoms with Gasteiger partial charge in [0.15, 0.2) is 0 Å². The Labute approximate surface area is 89.9 Å². The van der Waals surface area contributed by atoms with Gasteiger partial charge in [-0.2, -0.15) is 0 Å². The lowest BCUT2D eigenvalue weighted by molar-refractivity contribution is -0.143. The highest BCUT2D eigenvalue weighted by molar-refractivity contribution is 6.20. The number of unbranched alkanes of at least 4 members (excludes halogenated alkanes) is 1. The van der Waals surface area contributed by atoms with E-state index in [4.69, 9.17) is 27.8 Å². The minimum atomic E-state index is -0.181. The van der Waals surface area contributed by atoms with Crippen LogP contribution in [-0.2, 0) is 9.53 Å². The zero-order valence-corrected chi connectivity index (χ0v) is 9.13. The minimum absolute atomic E-state index is 0.105. The monoisotopic (exact) mass is 222 g/mol. The molecule has 0 aromatic rings. The van der Waals surface area contributed by atoms with E-state index in [0.717, 1.165) is 12.8 Å². The summed E-state index contributed by atoms with van der Waals surface area (Å²) in [6.07, 6.45) is 2.69. The first-order chi connectivity index (χ1) is 6.70. The lowest BCUT2D eigenvalue weighted by Gasteiger charge is -2.07. The maximum atomic E-state index is 11.1. The summed E-state index contributed by atoms with van der Waals surface area (Å²) in [6.45, 7) is 1.38. The topological polar surface area (TPSA) is 78.3 Å². The van der Waals surface area contributed by atoms with Crippen LogP contribution in [0.15, 0.2) is 0 Å². The van der Waals surface area contributed by atoms with Crippen LogP contribution in [-0.4, -0.2) is 31.0 Å². The second kappa shape index (κ2) is 9.24. The van der Waals surface area contributed by atoms with E-state index in [1.165, 1.54) is 0 Å². The molecule has 0 fully saturated rings. The zero-order valence-electron chi connectivity index (χ0n) is 8.38. The van der Waals surface area contributed by atoms with E-state index in [1.54, 1.807) is 0 Å². The number of ether oxygens (including phenoxy) is 1. The van der Waals surface area contributed by atoms with Crippen molar-refractivity contribution in [3.63, 3.8) is 0 Å². The first-order valence-electron chi connectivity index (χ1n) is 4.90. The van der Waals surface area contributed by atoms with Gasteiger partial charge in [-0.05, 0) is 25.8 Å². The van der Waals surface area contributed by atoms with Gasteiger partial charge < -0.3 is 16.2 Å². The van der Waals surface area contributed by atoms with Gasteiger partial charge in [0, 0.05) is 18.3 Å². The molecule has 0 bridgehead atoms. The molecule has 0 saturated heterocycles. The number of nitrogens with two attached hydrogens (primary N) is 2. The van der Waals surface area contributed by atoms with E-state index in [0.29, 0.717) is 32.5 Å². The second-order valence-corrected chi connectivity index (χ2v) is 3.71. The maximum absolute atomic E-state index is 11.1. The molecule has 84 valence electrons. The van der Waals surface area contributed by atoms with Gasteiger partial charge in [-0.25, -0.2) is 0 Å². The van der Waals surface area contributed by atoms with Gasteiger partial charge in [0.25, 0.3) is 0 Å². The molecule has 14 heavy (non-hydrogen) atoms. The number of carbonyl (C=O) groups excluding carboxylic acids is 1. The van der Waals surface area contributed by atoms with Crippen LogP contribution in [0, 0.1) is 0 Å². The number of alkyl halides is 1. The molecule has 1 unspecified atom stereocenters. The summed E-state index contributed by atoms with van der Waals surface area (Å²) in [4.78, 5) is 11.1. The van der Waals surface area contributed by atoms with Crippen LogP contribution in [0.25, 0.3) is 0 Å². The van der Waals surface area contributed by atoms with Crippen molar-refractivity contribution in [1.29, 1.82) is 0 Å². The summed E-state index contributed by atoms with van der Waals surface area (Å²) in [5, 5.41) is -0.105. The number of esters is 1. The van der Waals surface area contributed by atoms with Crippen LogP contribution >= 0.6 is 11.6 Å². The highest BCUT2D eigenvalue weighted by Gasteiger charge is 2.05. The summed E-state index contributed by atoms with van der Waals surface area (Å²) >= 11 is 5.74. The molecular formula is C9H19ClN2O2. The Kier molecular flexibility index (Phi) is 9.03. The van der Waals surface area contributed by atoms with Gasteiger partial charge >= 0.3 is 5.97 Å². The maximum Gasteiger partial charge on any atom is 0.305 e. The Morgan fingerprint density at radius 3 is 2.64 bits per heavy atom. The SMILES string of the molecule is NCCCCC(=O)OCCC(Cl)CN. The molecule has 0 aromatic carbocycles. The van der Waals surface area contributed by atoms with Crippen LogP contribution < -0.4 is 11.5 Å². The first kappa shape index (κ1) is 13.7. The number of halogens is 1. The Bertz CT molecular complexity index is 156. The Morgan fingerprint density at radius 1 is 1.36 bits per heavy atom. The predicted octanol–water partition coefficient (Wildman–Crippen LogP) is 0.615. The number of hydrogen-bond donors (Lipinski definition) is 2. The fourth-order valence-electron chi connectivity index (χ4n) is 0.904. The van der Waals surface area contributed by atoms with Crippen LogP contribution in [0.2, 0.25) is 0 Å². The van der Waals surface area contributed by atoms with E-state index in [1.807, 2.05) is 0 Å². The smallest absolute Gasteiger partial charge is 0.305 e. The molecule has 0 aliphatic carbocycles. The molecule has 0 radical (unpaired) electrons. The summed E-state index contributed by atoms with van der Waals surface area (Å²) in [5.41, 5.74) is 10.6.